The van der Waals surface area contributed by atoms with Gasteiger partial charge in [-0.1, -0.05) is 17.7 Å². The number of hydrogen-bond donors (Lipinski definition) is 0. The van der Waals surface area contributed by atoms with Gasteiger partial charge in [0.25, 0.3) is 0 Å². The number of rotatable bonds is 7. The van der Waals surface area contributed by atoms with E-state index < -0.39 is 0 Å². The number of pyridine rings is 1. The quantitative estimate of drug-likeness (QED) is 0.545. The van der Waals surface area contributed by atoms with Crippen molar-refractivity contribution in [3.63, 3.8) is 0 Å². The zero-order valence-corrected chi connectivity index (χ0v) is 16.1. The average molecular weight is 370 g/mol. The van der Waals surface area contributed by atoms with Crippen LogP contribution < -0.4 is 0 Å². The maximum atomic E-state index is 12.6. The Morgan fingerprint density at radius 3 is 3.04 bits per heavy atom. The number of amides is 1. The van der Waals surface area contributed by atoms with Crippen LogP contribution in [0.5, 0.6) is 0 Å². The zero-order valence-electron chi connectivity index (χ0n) is 16.1. The topological polar surface area (TPSA) is 51.7 Å². The van der Waals surface area contributed by atoms with Crippen molar-refractivity contribution < 1.29 is 14.3 Å². The van der Waals surface area contributed by atoms with Crippen LogP contribution >= 0.6 is 0 Å². The van der Waals surface area contributed by atoms with Gasteiger partial charge in [0, 0.05) is 25.8 Å². The van der Waals surface area contributed by atoms with Crippen molar-refractivity contribution in [1.29, 1.82) is 0 Å². The number of aromatic nitrogens is 1. The summed E-state index contributed by atoms with van der Waals surface area (Å²) in [6.45, 7) is 3.58. The van der Waals surface area contributed by atoms with E-state index in [9.17, 15) is 4.79 Å². The van der Waals surface area contributed by atoms with E-state index in [2.05, 4.69) is 11.1 Å². The number of nitrogens with zero attached hydrogens (tertiary/aromatic N) is 2. The van der Waals surface area contributed by atoms with Gasteiger partial charge in [0.1, 0.15) is 5.60 Å². The molecule has 5 heteroatoms. The lowest BCUT2D eigenvalue weighted by molar-refractivity contribution is -0.165. The summed E-state index contributed by atoms with van der Waals surface area (Å²) in [5.74, 6) is 0.758. The van der Waals surface area contributed by atoms with Gasteiger partial charge < -0.3 is 14.4 Å². The van der Waals surface area contributed by atoms with Gasteiger partial charge in [-0.3, -0.25) is 9.78 Å². The average Bonchev–Trinajstić information content (AvgIpc) is 3.10. The van der Waals surface area contributed by atoms with Crippen LogP contribution in [0.15, 0.2) is 36.0 Å². The highest BCUT2D eigenvalue weighted by Crippen LogP contribution is 2.42. The van der Waals surface area contributed by atoms with E-state index in [-0.39, 0.29) is 11.5 Å². The van der Waals surface area contributed by atoms with Crippen LogP contribution in [0.2, 0.25) is 0 Å². The molecule has 1 aromatic heterocycles. The summed E-state index contributed by atoms with van der Waals surface area (Å²) in [7, 11) is 0. The molecule has 2 aliphatic heterocycles. The third-order valence-corrected chi connectivity index (χ3v) is 6.22. The summed E-state index contributed by atoms with van der Waals surface area (Å²) in [4.78, 5) is 18.8. The van der Waals surface area contributed by atoms with Crippen molar-refractivity contribution in [2.45, 2.75) is 57.2 Å². The van der Waals surface area contributed by atoms with Crippen LogP contribution in [0.1, 0.15) is 50.6 Å². The van der Waals surface area contributed by atoms with E-state index >= 15 is 0 Å². The molecule has 0 radical (unpaired) electrons. The van der Waals surface area contributed by atoms with E-state index in [1.165, 1.54) is 18.4 Å². The van der Waals surface area contributed by atoms with Crippen LogP contribution in [0.3, 0.4) is 0 Å². The van der Waals surface area contributed by atoms with E-state index in [0.29, 0.717) is 25.6 Å². The molecule has 0 aromatic carbocycles. The van der Waals surface area contributed by atoms with Gasteiger partial charge in [-0.2, -0.15) is 0 Å². The molecule has 146 valence electrons. The standard InChI is InChI=1S/C22H30N2O3/c25-21(14-18-6-2-1-3-7-18)24-16-22(17-24)19(10-13-27-22)9-12-26-15-20-8-4-5-11-23-20/h4-6,8,11,19H,1-3,7,9-10,12-17H2/t19-/m0/s1. The van der Waals surface area contributed by atoms with Crippen LogP contribution in [-0.2, 0) is 20.9 Å². The van der Waals surface area contributed by atoms with Gasteiger partial charge in [-0.25, -0.2) is 0 Å². The molecule has 27 heavy (non-hydrogen) atoms. The summed E-state index contributed by atoms with van der Waals surface area (Å²) in [6, 6.07) is 5.88. The minimum Gasteiger partial charge on any atom is -0.375 e. The predicted octanol–water partition coefficient (Wildman–Crippen LogP) is 3.50. The molecule has 1 spiro atoms. The largest absolute Gasteiger partial charge is 0.375 e. The van der Waals surface area contributed by atoms with E-state index in [0.717, 1.165) is 51.1 Å². The molecule has 3 heterocycles. The summed E-state index contributed by atoms with van der Waals surface area (Å²) in [5, 5.41) is 0. The molecule has 3 aliphatic rings. The molecular weight excluding hydrogens is 340 g/mol. The van der Waals surface area contributed by atoms with Crippen LogP contribution in [-0.4, -0.2) is 47.7 Å². The zero-order chi connectivity index (χ0) is 18.5. The number of allylic oxidation sites excluding steroid dienone is 1. The van der Waals surface area contributed by atoms with Crippen molar-refractivity contribution in [3.05, 3.63) is 41.7 Å². The highest BCUT2D eigenvalue weighted by Gasteiger charge is 2.53. The molecule has 5 nitrogen and oxygen atoms in total. The van der Waals surface area contributed by atoms with Crippen LogP contribution in [0, 0.1) is 5.92 Å². The maximum Gasteiger partial charge on any atom is 0.226 e. The minimum atomic E-state index is -0.120. The molecule has 1 aromatic rings. The first-order valence-corrected chi connectivity index (χ1v) is 10.3. The lowest BCUT2D eigenvalue weighted by Crippen LogP contribution is -2.66. The lowest BCUT2D eigenvalue weighted by atomic mass is 9.78. The van der Waals surface area contributed by atoms with E-state index in [4.69, 9.17) is 9.47 Å². The molecular formula is C22H30N2O3. The number of likely N-dealkylation sites (tertiary alicyclic amines) is 1. The van der Waals surface area contributed by atoms with Crippen molar-refractivity contribution in [2.75, 3.05) is 26.3 Å². The van der Waals surface area contributed by atoms with Crippen molar-refractivity contribution in [2.24, 2.45) is 5.92 Å². The summed E-state index contributed by atoms with van der Waals surface area (Å²) >= 11 is 0. The summed E-state index contributed by atoms with van der Waals surface area (Å²) in [6.07, 6.45) is 11.4. The highest BCUT2D eigenvalue weighted by molar-refractivity contribution is 5.80. The Labute approximate surface area is 161 Å². The second-order valence-corrected chi connectivity index (χ2v) is 8.10. The molecule has 2 saturated heterocycles. The molecule has 0 saturated carbocycles. The fourth-order valence-electron chi connectivity index (χ4n) is 4.58. The molecule has 1 aliphatic carbocycles. The number of carbonyl (C=O) groups is 1. The fourth-order valence-corrected chi connectivity index (χ4v) is 4.58. The molecule has 1 atom stereocenters. The molecule has 0 unspecified atom stereocenters. The first-order chi connectivity index (χ1) is 13.3. The van der Waals surface area contributed by atoms with Crippen LogP contribution in [0.25, 0.3) is 0 Å². The Morgan fingerprint density at radius 2 is 2.26 bits per heavy atom. The summed E-state index contributed by atoms with van der Waals surface area (Å²) < 4.78 is 11.9. The molecule has 4 rings (SSSR count). The molecule has 0 N–H and O–H groups in total. The molecule has 0 bridgehead atoms. The number of hydrogen-bond acceptors (Lipinski definition) is 4. The first kappa shape index (κ1) is 18.6. The Hall–Kier alpha value is -1.72. The highest BCUT2D eigenvalue weighted by atomic mass is 16.5. The van der Waals surface area contributed by atoms with Gasteiger partial charge in [0.05, 0.1) is 25.4 Å². The predicted molar refractivity (Wildman–Crippen MR) is 103 cm³/mol. The van der Waals surface area contributed by atoms with Gasteiger partial charge in [0.2, 0.25) is 5.91 Å². The Kier molecular flexibility index (Phi) is 5.89. The van der Waals surface area contributed by atoms with Crippen LogP contribution in [0.4, 0.5) is 0 Å². The van der Waals surface area contributed by atoms with E-state index in [1.54, 1.807) is 6.20 Å². The smallest absolute Gasteiger partial charge is 0.226 e. The van der Waals surface area contributed by atoms with Gasteiger partial charge in [0.15, 0.2) is 0 Å². The Balaban J connectivity index is 1.21. The van der Waals surface area contributed by atoms with Gasteiger partial charge in [-0.05, 0) is 56.6 Å². The van der Waals surface area contributed by atoms with Crippen molar-refractivity contribution in [3.8, 4) is 0 Å². The number of ether oxygens (including phenoxy) is 2. The SMILES string of the molecule is O=C(CC1=CCCCC1)N1CC2(C1)OCC[C@@H]2CCOCc1ccccn1. The monoisotopic (exact) mass is 370 g/mol. The second kappa shape index (κ2) is 8.53. The minimum absolute atomic E-state index is 0.120. The fraction of sp³-hybridized carbons (Fsp3) is 0.636. The normalized spacial score (nSPS) is 23.9. The van der Waals surface area contributed by atoms with Crippen molar-refractivity contribution in [1.82, 2.24) is 9.88 Å². The van der Waals surface area contributed by atoms with Gasteiger partial charge >= 0.3 is 0 Å². The lowest BCUT2D eigenvalue weighted by Gasteiger charge is -2.50. The third-order valence-electron chi connectivity index (χ3n) is 6.22. The first-order valence-electron chi connectivity index (χ1n) is 10.3. The third kappa shape index (κ3) is 4.41. The Bertz CT molecular complexity index is 667. The maximum absolute atomic E-state index is 12.6. The number of carbonyl (C=O) groups excluding carboxylic acids is 1. The summed E-state index contributed by atoms with van der Waals surface area (Å²) in [5.41, 5.74) is 2.18. The second-order valence-electron chi connectivity index (χ2n) is 8.10. The molecule has 2 fully saturated rings. The Morgan fingerprint density at radius 1 is 1.33 bits per heavy atom. The van der Waals surface area contributed by atoms with Gasteiger partial charge in [-0.15, -0.1) is 0 Å². The van der Waals surface area contributed by atoms with Crippen molar-refractivity contribution >= 4 is 5.91 Å². The molecule has 1 amide bonds. The van der Waals surface area contributed by atoms with E-state index in [1.807, 2.05) is 23.1 Å².